The van der Waals surface area contributed by atoms with Crippen LogP contribution in [0.15, 0.2) is 0 Å². The molecule has 5 nitrogen and oxygen atoms in total. The predicted molar refractivity (Wildman–Crippen MR) is 77.4 cm³/mol. The minimum absolute atomic E-state index is 0.101. The molecule has 0 radical (unpaired) electrons. The molecule has 0 aromatic carbocycles. The number of hydrogen-bond donors (Lipinski definition) is 1. The second-order valence-corrected chi connectivity index (χ2v) is 6.10. The Kier molecular flexibility index (Phi) is 6.48. The molecule has 1 rings (SSSR count). The van der Waals surface area contributed by atoms with E-state index < -0.39 is 12.0 Å². The van der Waals surface area contributed by atoms with Gasteiger partial charge in [-0.2, -0.15) is 0 Å². The van der Waals surface area contributed by atoms with Crippen LogP contribution in [0.2, 0.25) is 0 Å². The normalized spacial score (nSPS) is 18.9. The van der Waals surface area contributed by atoms with E-state index in [4.69, 9.17) is 5.11 Å². The third kappa shape index (κ3) is 4.30. The van der Waals surface area contributed by atoms with Crippen LogP contribution >= 0.6 is 11.8 Å². The summed E-state index contributed by atoms with van der Waals surface area (Å²) >= 11 is 1.50. The van der Waals surface area contributed by atoms with Gasteiger partial charge in [0, 0.05) is 18.3 Å². The lowest BCUT2D eigenvalue weighted by atomic mass is 10.2. The number of carbonyl (C=O) groups excluding carboxylic acids is 1. The van der Waals surface area contributed by atoms with Crippen molar-refractivity contribution in [3.05, 3.63) is 0 Å². The van der Waals surface area contributed by atoms with Gasteiger partial charge >= 0.3 is 12.0 Å². The molecule has 1 heterocycles. The first-order valence-corrected chi connectivity index (χ1v) is 8.02. The highest BCUT2D eigenvalue weighted by Crippen LogP contribution is 2.23. The van der Waals surface area contributed by atoms with E-state index in [0.29, 0.717) is 18.2 Å². The Bertz CT molecular complexity index is 323. The van der Waals surface area contributed by atoms with Crippen LogP contribution < -0.4 is 0 Å². The van der Waals surface area contributed by atoms with Crippen molar-refractivity contribution in [1.29, 1.82) is 0 Å². The van der Waals surface area contributed by atoms with Crippen molar-refractivity contribution in [1.82, 2.24) is 9.80 Å². The molecule has 0 aromatic heterocycles. The van der Waals surface area contributed by atoms with Crippen molar-refractivity contribution in [3.63, 3.8) is 0 Å². The van der Waals surface area contributed by atoms with Crippen molar-refractivity contribution >= 4 is 23.8 Å². The Morgan fingerprint density at radius 3 is 2.63 bits per heavy atom. The molecule has 1 fully saturated rings. The maximum Gasteiger partial charge on any atom is 0.327 e. The summed E-state index contributed by atoms with van der Waals surface area (Å²) in [4.78, 5) is 26.9. The van der Waals surface area contributed by atoms with Crippen LogP contribution in [0.25, 0.3) is 0 Å². The van der Waals surface area contributed by atoms with Gasteiger partial charge in [-0.05, 0) is 20.3 Å². The fourth-order valence-electron chi connectivity index (χ4n) is 2.11. The third-order valence-electron chi connectivity index (χ3n) is 3.28. The number of aliphatic carboxylic acids is 1. The number of thioether (sulfide) groups is 1. The van der Waals surface area contributed by atoms with Gasteiger partial charge in [-0.25, -0.2) is 9.59 Å². The average molecular weight is 288 g/mol. The molecule has 0 bridgehead atoms. The highest BCUT2D eigenvalue weighted by molar-refractivity contribution is 7.99. The summed E-state index contributed by atoms with van der Waals surface area (Å²) in [6, 6.07) is -0.710. The largest absolute Gasteiger partial charge is 0.480 e. The van der Waals surface area contributed by atoms with Crippen molar-refractivity contribution in [3.8, 4) is 0 Å². The first kappa shape index (κ1) is 16.1. The van der Waals surface area contributed by atoms with Gasteiger partial charge in [0.25, 0.3) is 0 Å². The lowest BCUT2D eigenvalue weighted by Gasteiger charge is -2.32. The topological polar surface area (TPSA) is 60.9 Å². The van der Waals surface area contributed by atoms with Gasteiger partial charge in [-0.1, -0.05) is 19.8 Å². The summed E-state index contributed by atoms with van der Waals surface area (Å²) in [5.41, 5.74) is 0. The highest BCUT2D eigenvalue weighted by atomic mass is 32.2. The van der Waals surface area contributed by atoms with Gasteiger partial charge in [0.1, 0.15) is 6.04 Å². The first-order chi connectivity index (χ1) is 8.99. The predicted octanol–water partition coefficient (Wildman–Crippen LogP) is 2.47. The first-order valence-electron chi connectivity index (χ1n) is 6.86. The van der Waals surface area contributed by atoms with Gasteiger partial charge in [-0.3, -0.25) is 0 Å². The molecule has 110 valence electrons. The highest BCUT2D eigenvalue weighted by Gasteiger charge is 2.37. The molecule has 0 spiro atoms. The second-order valence-electron chi connectivity index (χ2n) is 5.10. The maximum absolute atomic E-state index is 12.5. The number of carboxylic acid groups (broad SMARTS) is 1. The molecule has 6 heteroatoms. The lowest BCUT2D eigenvalue weighted by molar-refractivity contribution is -0.141. The molecular formula is C13H24N2O3S. The van der Waals surface area contributed by atoms with E-state index in [2.05, 4.69) is 6.92 Å². The number of amides is 2. The number of nitrogens with zero attached hydrogens (tertiary/aromatic N) is 2. The van der Waals surface area contributed by atoms with E-state index in [1.807, 2.05) is 13.8 Å². The lowest BCUT2D eigenvalue weighted by Crippen LogP contribution is -2.51. The van der Waals surface area contributed by atoms with Gasteiger partial charge in [0.15, 0.2) is 0 Å². The molecule has 0 aromatic rings. The van der Waals surface area contributed by atoms with Crippen LogP contribution in [0.5, 0.6) is 0 Å². The summed E-state index contributed by atoms with van der Waals surface area (Å²) in [6.07, 6.45) is 3.17. The van der Waals surface area contributed by atoms with Crippen molar-refractivity contribution < 1.29 is 14.7 Å². The van der Waals surface area contributed by atoms with Crippen molar-refractivity contribution in [2.24, 2.45) is 0 Å². The Morgan fingerprint density at radius 1 is 1.42 bits per heavy atom. The molecule has 1 aliphatic heterocycles. The van der Waals surface area contributed by atoms with E-state index in [1.165, 1.54) is 16.7 Å². The van der Waals surface area contributed by atoms with Crippen LogP contribution in [-0.4, -0.2) is 57.2 Å². The molecule has 0 saturated carbocycles. The van der Waals surface area contributed by atoms with Crippen molar-refractivity contribution in [2.75, 3.05) is 18.2 Å². The summed E-state index contributed by atoms with van der Waals surface area (Å²) < 4.78 is 0. The zero-order valence-corrected chi connectivity index (χ0v) is 12.8. The fourth-order valence-corrected chi connectivity index (χ4v) is 3.25. The number of rotatable bonds is 6. The van der Waals surface area contributed by atoms with Crippen LogP contribution in [0.1, 0.15) is 40.0 Å². The Hall–Kier alpha value is -0.910. The zero-order valence-electron chi connectivity index (χ0n) is 12.0. The summed E-state index contributed by atoms with van der Waals surface area (Å²) in [6.45, 7) is 6.78. The number of unbranched alkanes of at least 4 members (excludes halogenated alkanes) is 2. The van der Waals surface area contributed by atoms with E-state index in [-0.39, 0.29) is 12.1 Å². The van der Waals surface area contributed by atoms with Crippen LogP contribution in [0, 0.1) is 0 Å². The molecule has 0 aliphatic carbocycles. The SMILES string of the molecule is CCCCCN(C(=O)N1CSC[C@H]1C(=O)O)C(C)C. The minimum Gasteiger partial charge on any atom is -0.480 e. The number of urea groups is 1. The van der Waals surface area contributed by atoms with E-state index in [9.17, 15) is 9.59 Å². The molecule has 0 unspecified atom stereocenters. The standard InChI is InChI=1S/C13H24N2O3S/c1-4-5-6-7-14(10(2)3)13(18)15-9-19-8-11(15)12(16)17/h10-11H,4-9H2,1-3H3,(H,16,17)/t11-/m0/s1. The maximum atomic E-state index is 12.5. The van der Waals surface area contributed by atoms with Crippen LogP contribution in [0.4, 0.5) is 4.79 Å². The van der Waals surface area contributed by atoms with Crippen LogP contribution in [-0.2, 0) is 4.79 Å². The van der Waals surface area contributed by atoms with E-state index >= 15 is 0 Å². The summed E-state index contributed by atoms with van der Waals surface area (Å²) in [7, 11) is 0. The number of carbonyl (C=O) groups is 2. The number of carboxylic acids is 1. The molecule has 1 atom stereocenters. The summed E-state index contributed by atoms with van der Waals surface area (Å²) in [5, 5.41) is 9.14. The Balaban J connectivity index is 2.67. The molecular weight excluding hydrogens is 264 g/mol. The molecule has 1 N–H and O–H groups in total. The summed E-state index contributed by atoms with van der Waals surface area (Å²) in [5.74, 6) is 0.0602. The van der Waals surface area contributed by atoms with Crippen molar-refractivity contribution in [2.45, 2.75) is 52.1 Å². The second kappa shape index (κ2) is 7.62. The molecule has 2 amide bonds. The minimum atomic E-state index is -0.907. The van der Waals surface area contributed by atoms with E-state index in [1.54, 1.807) is 4.90 Å². The fraction of sp³-hybridized carbons (Fsp3) is 0.846. The van der Waals surface area contributed by atoms with Gasteiger partial charge in [0.2, 0.25) is 0 Å². The van der Waals surface area contributed by atoms with E-state index in [0.717, 1.165) is 19.3 Å². The van der Waals surface area contributed by atoms with Crippen LogP contribution in [0.3, 0.4) is 0 Å². The van der Waals surface area contributed by atoms with Gasteiger partial charge in [0.05, 0.1) is 5.88 Å². The zero-order chi connectivity index (χ0) is 14.4. The Morgan fingerprint density at radius 2 is 2.11 bits per heavy atom. The average Bonchev–Trinajstić information content (AvgIpc) is 2.82. The monoisotopic (exact) mass is 288 g/mol. The molecule has 19 heavy (non-hydrogen) atoms. The Labute approximate surface area is 119 Å². The third-order valence-corrected chi connectivity index (χ3v) is 4.30. The quantitative estimate of drug-likeness (QED) is 0.763. The number of hydrogen-bond acceptors (Lipinski definition) is 3. The van der Waals surface area contributed by atoms with Gasteiger partial charge in [-0.15, -0.1) is 11.8 Å². The van der Waals surface area contributed by atoms with Gasteiger partial charge < -0.3 is 14.9 Å². The molecule has 1 saturated heterocycles. The smallest absolute Gasteiger partial charge is 0.327 e. The molecule has 1 aliphatic rings.